The van der Waals surface area contributed by atoms with E-state index in [-0.39, 0.29) is 59.5 Å². The Morgan fingerprint density at radius 2 is 0.832 bits per heavy atom. The second-order valence-electron chi connectivity index (χ2n) is 22.7. The molecular weight excluding hydrogens is 1310 g/mol. The Labute approximate surface area is 564 Å². The number of rotatable bonds is 10. The van der Waals surface area contributed by atoms with Gasteiger partial charge >= 0.3 is 284 Å². The fraction of sp³-hybridized carbons (Fsp3) is 0.0366. The van der Waals surface area contributed by atoms with E-state index in [1.54, 1.807) is 43.4 Å². The van der Waals surface area contributed by atoms with Crippen LogP contribution >= 0.6 is 0 Å². The van der Waals surface area contributed by atoms with E-state index in [4.69, 9.17) is 7.49 Å². The van der Waals surface area contributed by atoms with Gasteiger partial charge in [0.25, 0.3) is 0 Å². The Bertz CT molecular complexity index is 5070. The van der Waals surface area contributed by atoms with Crippen LogP contribution in [0.5, 0.6) is 0 Å². The zero-order valence-electron chi connectivity index (χ0n) is 51.2. The number of aryl methyl sites for hydroxylation is 1. The molecule has 0 nitrogen and oxygen atoms in total. The minimum atomic E-state index is -2.42. The minimum Gasteiger partial charge on any atom is -0.123 e. The van der Waals surface area contributed by atoms with Gasteiger partial charge in [0.2, 0.25) is 0 Å². The fourth-order valence-corrected chi connectivity index (χ4v) is 13.0. The molecule has 0 aliphatic heterocycles. The SMILES string of the molecule is Cc1cc2c(-c3cccc4ccccc34)cccc2[cH-]1.[B]=C1C(C=[Si](C)C)=C(c2c(F)c(F)c(F)c(F)c2F)c2c1ccc(-c1c(F)c(F)c(F)c(F)c1F)c2-c1cccc2ccccc12.[C-](=C(C(=Cc1ccccc1)c1ccccc1)c1ccccc1)c1ccccc1.[Zr+2]. The summed E-state index contributed by atoms with van der Waals surface area (Å²) in [5.41, 5.74) is 7.46. The van der Waals surface area contributed by atoms with Gasteiger partial charge < -0.3 is 0 Å². The maximum atomic E-state index is 15.6. The van der Waals surface area contributed by atoms with Crippen molar-refractivity contribution in [1.82, 2.24) is 0 Å². The van der Waals surface area contributed by atoms with E-state index < -0.39 is 88.8 Å². The van der Waals surface area contributed by atoms with E-state index in [0.29, 0.717) is 10.8 Å². The second-order valence-corrected chi connectivity index (χ2v) is 25.1. The molecule has 0 spiro atoms. The number of fused-ring (bicyclic) bond motifs is 4. The Morgan fingerprint density at radius 3 is 1.39 bits per heavy atom. The molecule has 1 radical (unpaired) electrons. The van der Waals surface area contributed by atoms with E-state index in [9.17, 15) is 26.3 Å². The van der Waals surface area contributed by atoms with E-state index >= 15 is 17.6 Å². The molecule has 13 aromatic carbocycles. The van der Waals surface area contributed by atoms with Gasteiger partial charge in [-0.3, -0.25) is 0 Å². The Morgan fingerprint density at radius 1 is 0.400 bits per heavy atom. The smallest absolute Gasteiger partial charge is 0.123 e. The van der Waals surface area contributed by atoms with Gasteiger partial charge in [0.1, 0.15) is 0 Å². The van der Waals surface area contributed by atoms with Crippen molar-refractivity contribution in [2.45, 2.75) is 20.0 Å². The standard InChI is InChI=1S/C34H16BF10Si.C28H21.C20H15.Zr/c1-46(2)12-18-21(23-27(38)31(42)34(45)32(43)28(23)39)20-17(24(18)35)11-10-16(22-25(36)29(40)33(44)30(41)26(22)37)19(20)15-9-5-7-13-6-3-4-8-14(13)15;1-5-13-23(14-6-1)21-27(25-17-9-3-10-18-25)28(26-19-11-4-12-20-26)22-24-15-7-2-8-16-24;1-14-12-16-8-5-11-19(20(16)13-14)18-10-4-7-15-6-2-3-9-17(15)18;/h3-12H,1-2H3;1-21H;2-13H,1H3;/q;2*-1;+2. The molecule has 0 fully saturated rings. The van der Waals surface area contributed by atoms with Crippen LogP contribution in [0.25, 0.3) is 88.5 Å². The van der Waals surface area contributed by atoms with Crippen LogP contribution in [0.1, 0.15) is 44.5 Å². The summed E-state index contributed by atoms with van der Waals surface area (Å²) >= 11 is 0. The maximum Gasteiger partial charge on any atom is 2.00 e. The van der Waals surface area contributed by atoms with Gasteiger partial charge in [0, 0.05) is 0 Å². The van der Waals surface area contributed by atoms with Crippen LogP contribution in [0.15, 0.2) is 254 Å². The van der Waals surface area contributed by atoms with Crippen molar-refractivity contribution in [3.05, 3.63) is 363 Å². The number of benzene rings is 12. The quantitative estimate of drug-likeness (QED) is 0.0243. The van der Waals surface area contributed by atoms with E-state index in [2.05, 4.69) is 183 Å². The predicted octanol–water partition coefficient (Wildman–Crippen LogP) is 22.1. The van der Waals surface area contributed by atoms with Crippen molar-refractivity contribution in [1.29, 1.82) is 0 Å². The van der Waals surface area contributed by atoms with Gasteiger partial charge in [-0.1, -0.05) is 193 Å². The largest absolute Gasteiger partial charge is 2.00 e. The van der Waals surface area contributed by atoms with Crippen molar-refractivity contribution in [3.63, 3.8) is 0 Å². The van der Waals surface area contributed by atoms with Crippen molar-refractivity contribution >= 4 is 82.1 Å². The Kier molecular flexibility index (Phi) is 20.2. The van der Waals surface area contributed by atoms with Crippen LogP contribution < -0.4 is 0 Å². The zero-order valence-corrected chi connectivity index (χ0v) is 54.6. The molecule has 0 unspecified atom stereocenters. The summed E-state index contributed by atoms with van der Waals surface area (Å²) in [7, 11) is 4.96. The number of halogens is 10. The summed E-state index contributed by atoms with van der Waals surface area (Å²) in [6, 6.07) is 81.3. The molecule has 0 bridgehead atoms. The van der Waals surface area contributed by atoms with Gasteiger partial charge in [-0.25, -0.2) is 0 Å². The van der Waals surface area contributed by atoms with Crippen molar-refractivity contribution in [2.75, 3.05) is 0 Å². The van der Waals surface area contributed by atoms with Gasteiger partial charge in [-0.15, -0.1) is 63.9 Å². The van der Waals surface area contributed by atoms with Gasteiger partial charge in [0.15, 0.2) is 0 Å². The Balaban J connectivity index is 0.000000158. The molecule has 14 rings (SSSR count). The normalized spacial score (nSPS) is 12.1. The van der Waals surface area contributed by atoms with Crippen molar-refractivity contribution in [3.8, 4) is 33.4 Å². The summed E-state index contributed by atoms with van der Waals surface area (Å²) in [5.74, 6) is -22.7. The molecule has 0 saturated carbocycles. The summed E-state index contributed by atoms with van der Waals surface area (Å²) in [6.07, 6.45) is 5.91. The topological polar surface area (TPSA) is 0 Å². The van der Waals surface area contributed by atoms with E-state index in [1.165, 1.54) is 67.2 Å². The molecule has 1 aliphatic rings. The molecule has 461 valence electrons. The van der Waals surface area contributed by atoms with Gasteiger partial charge in [-0.05, 0) is 21.9 Å². The first-order valence-corrected chi connectivity index (χ1v) is 32.5. The third-order valence-corrected chi connectivity index (χ3v) is 17.1. The fourth-order valence-electron chi connectivity index (χ4n) is 12.1. The molecule has 0 saturated heterocycles. The number of allylic oxidation sites excluding steroid dienone is 3. The molecular formula is C82H52BF10SiZr. The Hall–Kier alpha value is -9.81. The van der Waals surface area contributed by atoms with E-state index in [0.717, 1.165) is 34.4 Å². The average Bonchev–Trinajstić information content (AvgIpc) is 1.62. The first kappa shape index (κ1) is 66.6. The average molecular weight is 1360 g/mol. The molecule has 0 heterocycles. The van der Waals surface area contributed by atoms with Crippen LogP contribution in [-0.4, -0.2) is 27.0 Å². The molecule has 0 aromatic heterocycles. The first-order chi connectivity index (χ1) is 45.5. The third-order valence-electron chi connectivity index (χ3n) is 16.3. The third kappa shape index (κ3) is 13.3. The van der Waals surface area contributed by atoms with Crippen LogP contribution in [0.4, 0.5) is 43.9 Å². The summed E-state index contributed by atoms with van der Waals surface area (Å²) < 4.78 is 149. The van der Waals surface area contributed by atoms with Crippen LogP contribution in [0, 0.1) is 71.2 Å². The van der Waals surface area contributed by atoms with Gasteiger partial charge in [-0.2, -0.15) is 6.07 Å². The van der Waals surface area contributed by atoms with Crippen LogP contribution in [0.2, 0.25) is 13.1 Å². The number of hydrogen-bond acceptors (Lipinski definition) is 0. The summed E-state index contributed by atoms with van der Waals surface area (Å²) in [4.78, 5) is 0. The molecule has 0 N–H and O–H groups in total. The molecule has 13 heteroatoms. The van der Waals surface area contributed by atoms with Crippen molar-refractivity contribution < 1.29 is 70.1 Å². The second kappa shape index (κ2) is 28.8. The van der Waals surface area contributed by atoms with Crippen LogP contribution in [-0.2, 0) is 26.2 Å². The number of hydrogen-bond donors (Lipinski definition) is 0. The predicted molar refractivity (Wildman–Crippen MR) is 367 cm³/mol. The minimum absolute atomic E-state index is 0. The monoisotopic (exact) mass is 1360 g/mol. The molecule has 0 atom stereocenters. The maximum absolute atomic E-state index is 15.6. The summed E-state index contributed by atoms with van der Waals surface area (Å²) in [6.45, 7) is 5.65. The molecule has 13 aromatic rings. The molecule has 1 aliphatic carbocycles. The van der Waals surface area contributed by atoms with Gasteiger partial charge in [0.05, 0.1) is 0 Å². The molecule has 95 heavy (non-hydrogen) atoms. The molecule has 0 amide bonds. The van der Waals surface area contributed by atoms with Crippen molar-refractivity contribution in [2.24, 2.45) is 0 Å². The summed E-state index contributed by atoms with van der Waals surface area (Å²) in [5, 5.41) is 6.20. The zero-order chi connectivity index (χ0) is 65.9. The first-order valence-electron chi connectivity index (χ1n) is 29.9. The van der Waals surface area contributed by atoms with Crippen LogP contribution in [0.3, 0.4) is 0 Å². The van der Waals surface area contributed by atoms with E-state index in [1.807, 2.05) is 30.3 Å².